The number of nitrogens with two attached hydrogens (primary N) is 1. The third-order valence-corrected chi connectivity index (χ3v) is 5.63. The van der Waals surface area contributed by atoms with E-state index in [-0.39, 0.29) is 0 Å². The number of hydrogen-bond acceptors (Lipinski definition) is 2. The Morgan fingerprint density at radius 2 is 1.83 bits per heavy atom. The maximum atomic E-state index is 6.17. The van der Waals surface area contributed by atoms with Crippen molar-refractivity contribution in [1.82, 2.24) is 4.90 Å². The van der Waals surface area contributed by atoms with Gasteiger partial charge in [0.1, 0.15) is 0 Å². The molecule has 2 fully saturated rings. The Balaban J connectivity index is 1.90. The fraction of sp³-hybridized carbons (Fsp3) is 1.00. The van der Waals surface area contributed by atoms with E-state index in [4.69, 9.17) is 5.73 Å². The Labute approximate surface area is 113 Å². The molecule has 0 aromatic heterocycles. The summed E-state index contributed by atoms with van der Waals surface area (Å²) in [6, 6.07) is 0. The molecular weight excluding hydrogens is 220 g/mol. The lowest BCUT2D eigenvalue weighted by Crippen LogP contribution is -2.55. The largest absolute Gasteiger partial charge is 0.329 e. The normalized spacial score (nSPS) is 35.2. The van der Waals surface area contributed by atoms with Crippen LogP contribution in [0.5, 0.6) is 0 Å². The van der Waals surface area contributed by atoms with Gasteiger partial charge < -0.3 is 5.73 Å². The molecule has 2 N–H and O–H groups in total. The lowest BCUT2D eigenvalue weighted by atomic mass is 9.86. The molecular formula is C16H32N2. The second-order valence-corrected chi connectivity index (χ2v) is 6.66. The summed E-state index contributed by atoms with van der Waals surface area (Å²) in [5, 5.41) is 0. The van der Waals surface area contributed by atoms with E-state index in [1.54, 1.807) is 0 Å². The molecule has 2 nitrogen and oxygen atoms in total. The van der Waals surface area contributed by atoms with E-state index < -0.39 is 0 Å². The minimum Gasteiger partial charge on any atom is -0.329 e. The van der Waals surface area contributed by atoms with Gasteiger partial charge in [-0.05, 0) is 57.0 Å². The average Bonchev–Trinajstić information content (AvgIpc) is 2.85. The van der Waals surface area contributed by atoms with Crippen LogP contribution in [0.25, 0.3) is 0 Å². The molecule has 1 heterocycles. The zero-order valence-electron chi connectivity index (χ0n) is 12.5. The second-order valence-electron chi connectivity index (χ2n) is 6.66. The molecule has 0 bridgehead atoms. The molecule has 0 aromatic carbocycles. The minimum absolute atomic E-state index is 0.373. The topological polar surface area (TPSA) is 29.3 Å². The summed E-state index contributed by atoms with van der Waals surface area (Å²) in [5.74, 6) is 1.92. The van der Waals surface area contributed by atoms with E-state index in [9.17, 15) is 0 Å². The van der Waals surface area contributed by atoms with Crippen molar-refractivity contribution in [2.75, 3.05) is 19.6 Å². The van der Waals surface area contributed by atoms with Gasteiger partial charge >= 0.3 is 0 Å². The van der Waals surface area contributed by atoms with Gasteiger partial charge in [0.25, 0.3) is 0 Å². The maximum Gasteiger partial charge on any atom is 0.0334 e. The fourth-order valence-corrected chi connectivity index (χ4v) is 4.27. The Kier molecular flexibility index (Phi) is 5.08. The van der Waals surface area contributed by atoms with Crippen molar-refractivity contribution in [1.29, 1.82) is 0 Å². The van der Waals surface area contributed by atoms with Gasteiger partial charge in [-0.25, -0.2) is 0 Å². The van der Waals surface area contributed by atoms with Crippen LogP contribution in [-0.4, -0.2) is 30.1 Å². The second kappa shape index (κ2) is 6.38. The number of nitrogens with zero attached hydrogens (tertiary/aromatic N) is 1. The molecule has 0 amide bonds. The van der Waals surface area contributed by atoms with Crippen molar-refractivity contribution in [3.8, 4) is 0 Å². The number of rotatable bonds is 5. The first-order chi connectivity index (χ1) is 8.74. The SMILES string of the molecule is CCCC1CCN(C2(CN)CCC(CC)C2)CC1. The van der Waals surface area contributed by atoms with Crippen LogP contribution >= 0.6 is 0 Å². The first-order valence-electron chi connectivity index (χ1n) is 8.19. The molecule has 1 aliphatic heterocycles. The van der Waals surface area contributed by atoms with Crippen molar-refractivity contribution in [2.24, 2.45) is 17.6 Å². The van der Waals surface area contributed by atoms with Crippen LogP contribution in [0.2, 0.25) is 0 Å². The molecule has 106 valence electrons. The van der Waals surface area contributed by atoms with E-state index in [2.05, 4.69) is 18.7 Å². The molecule has 1 aliphatic carbocycles. The zero-order valence-corrected chi connectivity index (χ0v) is 12.5. The Morgan fingerprint density at radius 3 is 2.33 bits per heavy atom. The molecule has 0 spiro atoms. The third-order valence-electron chi connectivity index (χ3n) is 5.63. The molecule has 2 unspecified atom stereocenters. The molecule has 0 aromatic rings. The van der Waals surface area contributed by atoms with Crippen LogP contribution < -0.4 is 5.73 Å². The highest BCUT2D eigenvalue weighted by Crippen LogP contribution is 2.41. The van der Waals surface area contributed by atoms with Crippen LogP contribution in [-0.2, 0) is 0 Å². The summed E-state index contributed by atoms with van der Waals surface area (Å²) >= 11 is 0. The van der Waals surface area contributed by atoms with Crippen LogP contribution in [0.1, 0.15) is 65.2 Å². The summed E-state index contributed by atoms with van der Waals surface area (Å²) < 4.78 is 0. The van der Waals surface area contributed by atoms with Gasteiger partial charge in [-0.1, -0.05) is 33.1 Å². The van der Waals surface area contributed by atoms with Crippen molar-refractivity contribution in [3.63, 3.8) is 0 Å². The van der Waals surface area contributed by atoms with E-state index >= 15 is 0 Å². The highest BCUT2D eigenvalue weighted by molar-refractivity contribution is 4.99. The standard InChI is InChI=1S/C16H32N2/c1-3-5-15-7-10-18(11-8-15)16(13-17)9-6-14(4-2)12-16/h14-15H,3-13,17H2,1-2H3. The highest BCUT2D eigenvalue weighted by atomic mass is 15.2. The maximum absolute atomic E-state index is 6.17. The predicted molar refractivity (Wildman–Crippen MR) is 78.6 cm³/mol. The Hall–Kier alpha value is -0.0800. The van der Waals surface area contributed by atoms with E-state index in [1.807, 2.05) is 0 Å². The molecule has 18 heavy (non-hydrogen) atoms. The van der Waals surface area contributed by atoms with Crippen molar-refractivity contribution >= 4 is 0 Å². The fourth-order valence-electron chi connectivity index (χ4n) is 4.27. The van der Waals surface area contributed by atoms with Crippen LogP contribution in [0.15, 0.2) is 0 Å². The first kappa shape index (κ1) is 14.3. The number of hydrogen-bond donors (Lipinski definition) is 1. The van der Waals surface area contributed by atoms with Crippen molar-refractivity contribution < 1.29 is 0 Å². The molecule has 2 heteroatoms. The number of piperidine rings is 1. The molecule has 1 saturated heterocycles. The van der Waals surface area contributed by atoms with Crippen molar-refractivity contribution in [2.45, 2.75) is 70.8 Å². The van der Waals surface area contributed by atoms with Gasteiger partial charge in [0.05, 0.1) is 0 Å². The van der Waals surface area contributed by atoms with Gasteiger partial charge in [0.2, 0.25) is 0 Å². The predicted octanol–water partition coefficient (Wildman–Crippen LogP) is 3.41. The lowest BCUT2D eigenvalue weighted by Gasteiger charge is -2.45. The molecule has 2 rings (SSSR count). The third kappa shape index (κ3) is 2.91. The smallest absolute Gasteiger partial charge is 0.0334 e. The lowest BCUT2D eigenvalue weighted by molar-refractivity contribution is 0.0541. The monoisotopic (exact) mass is 252 g/mol. The summed E-state index contributed by atoms with van der Waals surface area (Å²) in [7, 11) is 0. The van der Waals surface area contributed by atoms with Gasteiger partial charge in [0, 0.05) is 12.1 Å². The number of likely N-dealkylation sites (tertiary alicyclic amines) is 1. The summed E-state index contributed by atoms with van der Waals surface area (Å²) in [6.45, 7) is 8.14. The highest BCUT2D eigenvalue weighted by Gasteiger charge is 2.42. The zero-order chi connectivity index (χ0) is 13.0. The molecule has 0 radical (unpaired) electrons. The van der Waals surface area contributed by atoms with E-state index in [0.717, 1.165) is 18.4 Å². The van der Waals surface area contributed by atoms with Crippen molar-refractivity contribution in [3.05, 3.63) is 0 Å². The van der Waals surface area contributed by atoms with Gasteiger partial charge in [-0.15, -0.1) is 0 Å². The minimum atomic E-state index is 0.373. The van der Waals surface area contributed by atoms with E-state index in [1.165, 1.54) is 64.5 Å². The quantitative estimate of drug-likeness (QED) is 0.812. The first-order valence-corrected chi connectivity index (χ1v) is 8.19. The Morgan fingerprint density at radius 1 is 1.11 bits per heavy atom. The summed E-state index contributed by atoms with van der Waals surface area (Å²) in [5.41, 5.74) is 6.54. The molecule has 2 aliphatic rings. The molecule has 2 atom stereocenters. The van der Waals surface area contributed by atoms with Crippen LogP contribution in [0, 0.1) is 11.8 Å². The van der Waals surface area contributed by atoms with Crippen LogP contribution in [0.3, 0.4) is 0 Å². The van der Waals surface area contributed by atoms with Gasteiger partial charge in [0.15, 0.2) is 0 Å². The average molecular weight is 252 g/mol. The van der Waals surface area contributed by atoms with Gasteiger partial charge in [-0.2, -0.15) is 0 Å². The van der Waals surface area contributed by atoms with E-state index in [0.29, 0.717) is 5.54 Å². The Bertz CT molecular complexity index is 245. The van der Waals surface area contributed by atoms with Crippen LogP contribution in [0.4, 0.5) is 0 Å². The molecule has 1 saturated carbocycles. The summed E-state index contributed by atoms with van der Waals surface area (Å²) in [6.07, 6.45) is 11.1. The summed E-state index contributed by atoms with van der Waals surface area (Å²) in [4.78, 5) is 2.76. The van der Waals surface area contributed by atoms with Gasteiger partial charge in [-0.3, -0.25) is 4.90 Å².